The molecule has 196 valence electrons. The van der Waals surface area contributed by atoms with Gasteiger partial charge in [0, 0.05) is 48.1 Å². The minimum Gasteiger partial charge on any atom is -0.491 e. The molecule has 0 radical (unpaired) electrons. The van der Waals surface area contributed by atoms with Crippen LogP contribution in [-0.2, 0) is 16.0 Å². The Hall–Kier alpha value is -3.23. The highest BCUT2D eigenvalue weighted by atomic mass is 16.5. The maximum absolute atomic E-state index is 10.7. The molecule has 1 fully saturated rings. The van der Waals surface area contributed by atoms with Crippen LogP contribution in [0.1, 0.15) is 58.2 Å². The van der Waals surface area contributed by atoms with Crippen LogP contribution in [0.3, 0.4) is 0 Å². The number of hydrogen-bond acceptors (Lipinski definition) is 6. The number of rotatable bonds is 9. The van der Waals surface area contributed by atoms with Crippen molar-refractivity contribution in [2.45, 2.75) is 70.6 Å². The number of carbonyl (C=O) groups is 2. The van der Waals surface area contributed by atoms with Crippen molar-refractivity contribution in [3.05, 3.63) is 72.1 Å². The monoisotopic (exact) mass is 498 g/mol. The summed E-state index contributed by atoms with van der Waals surface area (Å²) in [5.74, 6) is -1.72. The van der Waals surface area contributed by atoms with E-state index in [-0.39, 0.29) is 11.1 Å². The van der Waals surface area contributed by atoms with E-state index in [9.17, 15) is 14.7 Å². The van der Waals surface area contributed by atoms with Gasteiger partial charge in [0.15, 0.2) is 0 Å². The van der Waals surface area contributed by atoms with Crippen molar-refractivity contribution in [1.82, 2.24) is 9.88 Å². The molecule has 0 amide bonds. The molecule has 0 saturated carbocycles. The van der Waals surface area contributed by atoms with E-state index in [1.54, 1.807) is 0 Å². The first-order valence-corrected chi connectivity index (χ1v) is 12.1. The number of carboxylic acid groups (broad SMARTS) is 2. The summed E-state index contributed by atoms with van der Waals surface area (Å²) in [5.41, 5.74) is 2.40. The summed E-state index contributed by atoms with van der Waals surface area (Å²) in [6, 6.07) is 14.0. The van der Waals surface area contributed by atoms with Crippen molar-refractivity contribution in [1.29, 1.82) is 0 Å². The van der Waals surface area contributed by atoms with Gasteiger partial charge in [-0.1, -0.05) is 18.2 Å². The van der Waals surface area contributed by atoms with Crippen LogP contribution >= 0.6 is 0 Å². The first kappa shape index (κ1) is 29.0. The topological polar surface area (TPSA) is 120 Å². The molecule has 1 aliphatic rings. The van der Waals surface area contributed by atoms with Gasteiger partial charge in [0.2, 0.25) is 0 Å². The molecule has 1 unspecified atom stereocenters. The van der Waals surface area contributed by atoms with Crippen molar-refractivity contribution in [3.8, 4) is 5.75 Å². The largest absolute Gasteiger partial charge is 0.491 e. The van der Waals surface area contributed by atoms with E-state index in [0.29, 0.717) is 25.3 Å². The highest BCUT2D eigenvalue weighted by molar-refractivity contribution is 5.89. The Morgan fingerprint density at radius 2 is 1.67 bits per heavy atom. The maximum atomic E-state index is 10.7. The van der Waals surface area contributed by atoms with Gasteiger partial charge >= 0.3 is 11.9 Å². The number of likely N-dealkylation sites (tertiary alicyclic amines) is 1. The predicted octanol–water partition coefficient (Wildman–Crippen LogP) is 4.17. The average molecular weight is 499 g/mol. The minimum atomic E-state index is -1.26. The number of aliphatic hydroxyl groups is 1. The minimum absolute atomic E-state index is 0.103. The molecule has 2 aromatic rings. The average Bonchev–Trinajstić information content (AvgIpc) is 2.80. The highest BCUT2D eigenvalue weighted by Crippen LogP contribution is 2.38. The molecule has 8 nitrogen and oxygen atoms in total. The Bertz CT molecular complexity index is 988. The van der Waals surface area contributed by atoms with Crippen molar-refractivity contribution in [2.24, 2.45) is 0 Å². The van der Waals surface area contributed by atoms with Crippen LogP contribution in [0.5, 0.6) is 5.75 Å². The number of benzene rings is 1. The van der Waals surface area contributed by atoms with Crippen LogP contribution in [0, 0.1) is 0 Å². The van der Waals surface area contributed by atoms with Crippen LogP contribution in [0.15, 0.2) is 60.8 Å². The zero-order chi connectivity index (χ0) is 26.8. The quantitative estimate of drug-likeness (QED) is 0.441. The molecule has 1 aromatic carbocycles. The molecule has 0 bridgehead atoms. The van der Waals surface area contributed by atoms with Gasteiger partial charge in [-0.2, -0.15) is 0 Å². The molecule has 1 saturated heterocycles. The molecule has 2 heterocycles. The Labute approximate surface area is 213 Å². The SMILES string of the molecule is CC1(C)CCCC(C)(C)N1CC(O)COc1cccc(Cc2ccccn2)c1.O=C(O)/C=C/C(=O)O. The first-order valence-electron chi connectivity index (χ1n) is 12.1. The molecule has 3 N–H and O–H groups in total. The van der Waals surface area contributed by atoms with Gasteiger partial charge in [-0.3, -0.25) is 9.88 Å². The van der Waals surface area contributed by atoms with Crippen LogP contribution in [-0.4, -0.2) is 67.5 Å². The van der Waals surface area contributed by atoms with E-state index >= 15 is 0 Å². The van der Waals surface area contributed by atoms with Gasteiger partial charge in [-0.25, -0.2) is 9.59 Å². The van der Waals surface area contributed by atoms with Gasteiger partial charge in [0.1, 0.15) is 18.5 Å². The van der Waals surface area contributed by atoms with Gasteiger partial charge in [0.25, 0.3) is 0 Å². The molecule has 8 heteroatoms. The standard InChI is InChI=1S/C24H34N2O2.C4H4O4/c1-23(2)12-8-13-24(3,4)26(23)17-21(27)18-28-22-11-7-9-19(16-22)15-20-10-5-6-14-25-20;5-3(6)1-2-4(7)8/h5-7,9-11,14,16,21,27H,8,12-13,15,17-18H2,1-4H3;1-2H,(H,5,6)(H,7,8)/b;2-1+. The third-order valence-corrected chi connectivity index (χ3v) is 6.25. The Morgan fingerprint density at radius 3 is 2.22 bits per heavy atom. The van der Waals surface area contributed by atoms with E-state index in [0.717, 1.165) is 23.4 Å². The van der Waals surface area contributed by atoms with Gasteiger partial charge in [-0.15, -0.1) is 0 Å². The number of β-amino-alcohol motifs (C(OH)–C–C–N with tert-alkyl or cyclic N) is 1. The van der Waals surface area contributed by atoms with Crippen molar-refractivity contribution < 1.29 is 29.6 Å². The molecule has 3 rings (SSSR count). The Kier molecular flexibility index (Phi) is 10.6. The molecular formula is C28H38N2O6. The van der Waals surface area contributed by atoms with Crippen molar-refractivity contribution >= 4 is 11.9 Å². The number of hydrogen-bond donors (Lipinski definition) is 3. The summed E-state index contributed by atoms with van der Waals surface area (Å²) < 4.78 is 5.93. The second-order valence-electron chi connectivity index (χ2n) is 10.2. The van der Waals surface area contributed by atoms with Crippen molar-refractivity contribution in [3.63, 3.8) is 0 Å². The molecule has 1 atom stereocenters. The van der Waals surface area contributed by atoms with Gasteiger partial charge in [-0.05, 0) is 76.8 Å². The Balaban J connectivity index is 0.000000493. The zero-order valence-corrected chi connectivity index (χ0v) is 21.6. The van der Waals surface area contributed by atoms with Crippen LogP contribution in [0.25, 0.3) is 0 Å². The first-order chi connectivity index (χ1) is 16.9. The molecule has 0 aliphatic carbocycles. The summed E-state index contributed by atoms with van der Waals surface area (Å²) in [5, 5.41) is 26.3. The molecule has 36 heavy (non-hydrogen) atoms. The lowest BCUT2D eigenvalue weighted by molar-refractivity contribution is -0.134. The number of ether oxygens (including phenoxy) is 1. The number of carboxylic acids is 2. The van der Waals surface area contributed by atoms with E-state index < -0.39 is 18.0 Å². The summed E-state index contributed by atoms with van der Waals surface area (Å²) in [4.78, 5) is 25.9. The zero-order valence-electron chi connectivity index (χ0n) is 21.6. The normalized spacial score (nSPS) is 17.6. The molecule has 1 aromatic heterocycles. The predicted molar refractivity (Wildman–Crippen MR) is 138 cm³/mol. The maximum Gasteiger partial charge on any atom is 0.328 e. The second kappa shape index (κ2) is 13.2. The lowest BCUT2D eigenvalue weighted by atomic mass is 9.79. The number of aliphatic hydroxyl groups excluding tert-OH is 1. The highest BCUT2D eigenvalue weighted by Gasteiger charge is 2.41. The number of aliphatic carboxylic acids is 2. The fourth-order valence-corrected chi connectivity index (χ4v) is 4.59. The summed E-state index contributed by atoms with van der Waals surface area (Å²) in [6.07, 6.45) is 6.76. The number of aromatic nitrogens is 1. The third kappa shape index (κ3) is 9.79. The van der Waals surface area contributed by atoms with Gasteiger partial charge in [0.05, 0.1) is 0 Å². The summed E-state index contributed by atoms with van der Waals surface area (Å²) in [6.45, 7) is 10.1. The fourth-order valence-electron chi connectivity index (χ4n) is 4.59. The smallest absolute Gasteiger partial charge is 0.328 e. The lowest BCUT2D eigenvalue weighted by Crippen LogP contribution is -2.60. The Morgan fingerprint density at radius 1 is 1.03 bits per heavy atom. The number of nitrogens with zero attached hydrogens (tertiary/aromatic N) is 2. The van der Waals surface area contributed by atoms with E-state index in [1.807, 2.05) is 42.6 Å². The van der Waals surface area contributed by atoms with Crippen molar-refractivity contribution in [2.75, 3.05) is 13.2 Å². The molecule has 0 spiro atoms. The second-order valence-corrected chi connectivity index (χ2v) is 10.2. The van der Waals surface area contributed by atoms with E-state index in [1.165, 1.54) is 19.3 Å². The number of piperidine rings is 1. The van der Waals surface area contributed by atoms with Crippen LogP contribution < -0.4 is 4.74 Å². The van der Waals surface area contributed by atoms with Crippen LogP contribution in [0.2, 0.25) is 0 Å². The molecular weight excluding hydrogens is 460 g/mol. The molecule has 1 aliphatic heterocycles. The summed E-state index contributed by atoms with van der Waals surface area (Å²) in [7, 11) is 0. The van der Waals surface area contributed by atoms with Crippen LogP contribution in [0.4, 0.5) is 0 Å². The van der Waals surface area contributed by atoms with Gasteiger partial charge < -0.3 is 20.1 Å². The third-order valence-electron chi connectivity index (χ3n) is 6.25. The fraction of sp³-hybridized carbons (Fsp3) is 0.464. The summed E-state index contributed by atoms with van der Waals surface area (Å²) >= 11 is 0. The lowest BCUT2D eigenvalue weighted by Gasteiger charge is -2.53. The van der Waals surface area contributed by atoms with E-state index in [4.69, 9.17) is 14.9 Å². The van der Waals surface area contributed by atoms with E-state index in [2.05, 4.69) is 43.6 Å². The number of pyridine rings is 1.